The third kappa shape index (κ3) is 0.853. The third-order valence-electron chi connectivity index (χ3n) is 2.24. The van der Waals surface area contributed by atoms with Gasteiger partial charge in [0.1, 0.15) is 6.67 Å². The van der Waals surface area contributed by atoms with Crippen molar-refractivity contribution in [3.63, 3.8) is 0 Å². The van der Waals surface area contributed by atoms with Crippen LogP contribution in [0, 0.1) is 0 Å². The summed E-state index contributed by atoms with van der Waals surface area (Å²) in [6.45, 7) is 0.701. The average Bonchev–Trinajstić information content (AvgIpc) is 2.65. The Bertz CT molecular complexity index is 446. The summed E-state index contributed by atoms with van der Waals surface area (Å²) in [5, 5.41) is 11.1. The Kier molecular flexibility index (Phi) is 1.19. The van der Waals surface area contributed by atoms with Gasteiger partial charge in [0.25, 0.3) is 0 Å². The molecule has 4 nitrogen and oxygen atoms in total. The summed E-state index contributed by atoms with van der Waals surface area (Å²) in [6, 6.07) is 8.16. The van der Waals surface area contributed by atoms with E-state index in [0.29, 0.717) is 6.67 Å². The molecule has 0 saturated heterocycles. The molecule has 2 heterocycles. The van der Waals surface area contributed by atoms with Crippen molar-refractivity contribution in [3.8, 4) is 11.3 Å². The van der Waals surface area contributed by atoms with Crippen molar-refractivity contribution in [1.29, 1.82) is 0 Å². The number of rotatable bonds is 0. The van der Waals surface area contributed by atoms with Crippen LogP contribution >= 0.6 is 0 Å². The fourth-order valence-corrected chi connectivity index (χ4v) is 1.60. The smallest absolute Gasteiger partial charge is 0.112 e. The molecule has 0 aliphatic carbocycles. The van der Waals surface area contributed by atoms with Gasteiger partial charge in [-0.25, -0.2) is 4.68 Å². The van der Waals surface area contributed by atoms with Crippen LogP contribution in [0.3, 0.4) is 0 Å². The molecule has 0 saturated carbocycles. The topological polar surface area (TPSA) is 42.7 Å². The van der Waals surface area contributed by atoms with Crippen LogP contribution in [0.4, 0.5) is 5.69 Å². The Morgan fingerprint density at radius 1 is 1.31 bits per heavy atom. The molecule has 0 spiro atoms. The van der Waals surface area contributed by atoms with Gasteiger partial charge in [0, 0.05) is 11.3 Å². The SMILES string of the molecule is c1ccc2c(c1)NCn1nncc1-2. The minimum absolute atomic E-state index is 0.701. The highest BCUT2D eigenvalue weighted by Crippen LogP contribution is 2.29. The van der Waals surface area contributed by atoms with Gasteiger partial charge in [-0.1, -0.05) is 23.4 Å². The zero-order chi connectivity index (χ0) is 8.67. The van der Waals surface area contributed by atoms with Crippen LogP contribution in [-0.4, -0.2) is 15.0 Å². The van der Waals surface area contributed by atoms with E-state index in [0.717, 1.165) is 11.4 Å². The molecule has 0 amide bonds. The predicted octanol–water partition coefficient (Wildman–Crippen LogP) is 1.33. The van der Waals surface area contributed by atoms with Crippen LogP contribution in [0.1, 0.15) is 0 Å². The van der Waals surface area contributed by atoms with E-state index < -0.39 is 0 Å². The number of aromatic nitrogens is 3. The predicted molar refractivity (Wildman–Crippen MR) is 49.1 cm³/mol. The van der Waals surface area contributed by atoms with Crippen molar-refractivity contribution in [2.24, 2.45) is 0 Å². The summed E-state index contributed by atoms with van der Waals surface area (Å²) in [6.07, 6.45) is 1.79. The standard InChI is InChI=1S/C9H8N4/c1-2-4-8-7(3-1)9-5-11-12-13(9)6-10-8/h1-5,10H,6H2. The molecule has 3 rings (SSSR count). The first-order chi connectivity index (χ1) is 6.45. The van der Waals surface area contributed by atoms with E-state index in [-0.39, 0.29) is 0 Å². The van der Waals surface area contributed by atoms with Gasteiger partial charge in [0.05, 0.1) is 11.9 Å². The lowest BCUT2D eigenvalue weighted by atomic mass is 10.1. The number of para-hydroxylation sites is 1. The fraction of sp³-hybridized carbons (Fsp3) is 0.111. The Labute approximate surface area is 75.2 Å². The zero-order valence-corrected chi connectivity index (χ0v) is 6.94. The van der Waals surface area contributed by atoms with E-state index in [9.17, 15) is 0 Å². The van der Waals surface area contributed by atoms with Crippen molar-refractivity contribution in [3.05, 3.63) is 30.5 Å². The van der Waals surface area contributed by atoms with Gasteiger partial charge in [0.2, 0.25) is 0 Å². The molecule has 0 bridgehead atoms. The highest BCUT2D eigenvalue weighted by molar-refractivity contribution is 5.76. The zero-order valence-electron chi connectivity index (χ0n) is 6.94. The van der Waals surface area contributed by atoms with Gasteiger partial charge in [-0.05, 0) is 6.07 Å². The molecular formula is C9H8N4. The number of nitrogens with one attached hydrogen (secondary N) is 1. The number of benzene rings is 1. The minimum atomic E-state index is 0.701. The minimum Gasteiger partial charge on any atom is -0.366 e. The summed E-state index contributed by atoms with van der Waals surface area (Å²) in [7, 11) is 0. The lowest BCUT2D eigenvalue weighted by Crippen LogP contribution is -2.16. The summed E-state index contributed by atoms with van der Waals surface area (Å²) in [5.41, 5.74) is 3.39. The van der Waals surface area contributed by atoms with E-state index in [4.69, 9.17) is 0 Å². The maximum Gasteiger partial charge on any atom is 0.112 e. The second kappa shape index (κ2) is 2.32. The molecule has 1 aromatic carbocycles. The molecule has 1 aliphatic rings. The lowest BCUT2D eigenvalue weighted by molar-refractivity contribution is 0.634. The maximum atomic E-state index is 3.96. The second-order valence-electron chi connectivity index (χ2n) is 3.00. The van der Waals surface area contributed by atoms with Crippen molar-refractivity contribution in [2.75, 3.05) is 5.32 Å². The number of fused-ring (bicyclic) bond motifs is 3. The van der Waals surface area contributed by atoms with Gasteiger partial charge in [-0.15, -0.1) is 5.10 Å². The molecule has 0 unspecified atom stereocenters. The van der Waals surface area contributed by atoms with Crippen molar-refractivity contribution in [2.45, 2.75) is 6.67 Å². The number of anilines is 1. The molecule has 2 aromatic rings. The van der Waals surface area contributed by atoms with E-state index >= 15 is 0 Å². The number of hydrogen-bond donors (Lipinski definition) is 1. The van der Waals surface area contributed by atoms with E-state index in [2.05, 4.69) is 27.8 Å². The van der Waals surface area contributed by atoms with Gasteiger partial charge >= 0.3 is 0 Å². The quantitative estimate of drug-likeness (QED) is 0.651. The van der Waals surface area contributed by atoms with Crippen molar-refractivity contribution in [1.82, 2.24) is 15.0 Å². The van der Waals surface area contributed by atoms with Crippen LogP contribution in [0.2, 0.25) is 0 Å². The highest BCUT2D eigenvalue weighted by atomic mass is 15.5. The molecule has 1 N–H and O–H groups in total. The summed E-state index contributed by atoms with van der Waals surface area (Å²) in [5.74, 6) is 0. The van der Waals surface area contributed by atoms with Crippen LogP contribution in [0.5, 0.6) is 0 Å². The van der Waals surface area contributed by atoms with Crippen LogP contribution in [-0.2, 0) is 6.67 Å². The highest BCUT2D eigenvalue weighted by Gasteiger charge is 2.14. The Balaban J connectivity index is 2.30. The Morgan fingerprint density at radius 2 is 2.23 bits per heavy atom. The maximum absolute atomic E-state index is 3.96. The first-order valence-corrected chi connectivity index (χ1v) is 4.17. The van der Waals surface area contributed by atoms with E-state index in [1.165, 1.54) is 5.56 Å². The van der Waals surface area contributed by atoms with Gasteiger partial charge in [-0.3, -0.25) is 0 Å². The molecule has 0 fully saturated rings. The number of hydrogen-bond acceptors (Lipinski definition) is 3. The lowest BCUT2D eigenvalue weighted by Gasteiger charge is -2.18. The summed E-state index contributed by atoms with van der Waals surface area (Å²) in [4.78, 5) is 0. The first-order valence-electron chi connectivity index (χ1n) is 4.17. The molecule has 1 aliphatic heterocycles. The molecular weight excluding hydrogens is 164 g/mol. The molecule has 64 valence electrons. The van der Waals surface area contributed by atoms with Crippen molar-refractivity contribution >= 4 is 5.69 Å². The third-order valence-corrected chi connectivity index (χ3v) is 2.24. The normalized spacial score (nSPS) is 12.9. The molecule has 0 radical (unpaired) electrons. The van der Waals surface area contributed by atoms with E-state index in [1.54, 1.807) is 6.20 Å². The summed E-state index contributed by atoms with van der Waals surface area (Å²) >= 11 is 0. The number of nitrogens with zero attached hydrogens (tertiary/aromatic N) is 3. The fourth-order valence-electron chi connectivity index (χ4n) is 1.60. The second-order valence-corrected chi connectivity index (χ2v) is 3.00. The van der Waals surface area contributed by atoms with Gasteiger partial charge < -0.3 is 5.32 Å². The van der Waals surface area contributed by atoms with Gasteiger partial charge in [-0.2, -0.15) is 0 Å². The van der Waals surface area contributed by atoms with Crippen LogP contribution in [0.15, 0.2) is 30.5 Å². The van der Waals surface area contributed by atoms with Crippen LogP contribution in [0.25, 0.3) is 11.3 Å². The average molecular weight is 172 g/mol. The van der Waals surface area contributed by atoms with E-state index in [1.807, 2.05) is 16.8 Å². The molecule has 4 heteroatoms. The Hall–Kier alpha value is -1.84. The molecule has 1 aromatic heterocycles. The molecule has 13 heavy (non-hydrogen) atoms. The molecule has 0 atom stereocenters. The van der Waals surface area contributed by atoms with Gasteiger partial charge in [0.15, 0.2) is 0 Å². The van der Waals surface area contributed by atoms with Crippen molar-refractivity contribution < 1.29 is 0 Å². The largest absolute Gasteiger partial charge is 0.366 e. The Morgan fingerprint density at radius 3 is 3.23 bits per heavy atom. The van der Waals surface area contributed by atoms with Crippen LogP contribution < -0.4 is 5.32 Å². The summed E-state index contributed by atoms with van der Waals surface area (Å²) < 4.78 is 1.85. The first kappa shape index (κ1) is 6.65. The monoisotopic (exact) mass is 172 g/mol.